The Balaban J connectivity index is 1.62. The number of alkyl halides is 3. The first-order chi connectivity index (χ1) is 12.9. The molecule has 1 aromatic carbocycles. The highest BCUT2D eigenvalue weighted by Crippen LogP contribution is 2.31. The van der Waals surface area contributed by atoms with Gasteiger partial charge in [-0.2, -0.15) is 35.8 Å². The van der Waals surface area contributed by atoms with Gasteiger partial charge in [0.25, 0.3) is 0 Å². The topological polar surface area (TPSA) is 32.3 Å². The molecule has 2 aromatic heterocycles. The molecule has 142 valence electrons. The van der Waals surface area contributed by atoms with Crippen LogP contribution in [0.3, 0.4) is 0 Å². The number of benzene rings is 1. The van der Waals surface area contributed by atoms with E-state index >= 15 is 0 Å². The van der Waals surface area contributed by atoms with Crippen molar-refractivity contribution in [3.8, 4) is 0 Å². The van der Waals surface area contributed by atoms with Crippen molar-refractivity contribution in [3.05, 3.63) is 86.2 Å². The lowest BCUT2D eigenvalue weighted by atomic mass is 10.0. The summed E-state index contributed by atoms with van der Waals surface area (Å²) in [6, 6.07) is 8.90. The van der Waals surface area contributed by atoms with E-state index in [1.807, 2.05) is 29.0 Å². The van der Waals surface area contributed by atoms with E-state index in [9.17, 15) is 18.3 Å². The summed E-state index contributed by atoms with van der Waals surface area (Å²) in [5.41, 5.74) is 2.84. The van der Waals surface area contributed by atoms with Crippen LogP contribution in [0.1, 0.15) is 28.4 Å². The Morgan fingerprint density at radius 1 is 1.07 bits per heavy atom. The summed E-state index contributed by atoms with van der Waals surface area (Å²) >= 11 is 3.24. The third-order valence-corrected chi connectivity index (χ3v) is 5.42. The Hall–Kier alpha value is -1.93. The number of halogens is 3. The number of rotatable bonds is 7. The van der Waals surface area contributed by atoms with E-state index in [2.05, 4.69) is 16.1 Å². The second-order valence-electron chi connectivity index (χ2n) is 5.94. The highest BCUT2D eigenvalue weighted by atomic mass is 32.1. The number of nitrogens with one attached hydrogen (secondary N) is 1. The third kappa shape index (κ3) is 5.29. The first kappa shape index (κ1) is 19.8. The van der Waals surface area contributed by atoms with Gasteiger partial charge in [-0.1, -0.05) is 18.2 Å². The van der Waals surface area contributed by atoms with Crippen molar-refractivity contribution < 1.29 is 18.3 Å². The summed E-state index contributed by atoms with van der Waals surface area (Å²) in [5.74, 6) is 0. The molecule has 0 fully saturated rings. The monoisotopic (exact) mass is 409 g/mol. The van der Waals surface area contributed by atoms with Crippen molar-refractivity contribution in [1.82, 2.24) is 5.32 Å². The van der Waals surface area contributed by atoms with Gasteiger partial charge in [-0.15, -0.1) is 0 Å². The van der Waals surface area contributed by atoms with E-state index in [1.54, 1.807) is 22.7 Å². The molecule has 7 heteroatoms. The number of hydrogen-bond donors (Lipinski definition) is 2. The van der Waals surface area contributed by atoms with Gasteiger partial charge in [-0.05, 0) is 68.0 Å². The maximum Gasteiger partial charge on any atom is 0.416 e. The van der Waals surface area contributed by atoms with Crippen LogP contribution >= 0.6 is 22.7 Å². The van der Waals surface area contributed by atoms with Crippen LogP contribution in [-0.4, -0.2) is 18.2 Å². The van der Waals surface area contributed by atoms with Crippen LogP contribution in [0.5, 0.6) is 0 Å². The fourth-order valence-corrected chi connectivity index (χ4v) is 3.98. The fourth-order valence-electron chi connectivity index (χ4n) is 2.67. The summed E-state index contributed by atoms with van der Waals surface area (Å²) in [7, 11) is 0. The van der Waals surface area contributed by atoms with Crippen molar-refractivity contribution in [2.24, 2.45) is 0 Å². The molecule has 0 radical (unpaired) electrons. The Labute approximate surface area is 163 Å². The van der Waals surface area contributed by atoms with Crippen molar-refractivity contribution >= 4 is 28.2 Å². The summed E-state index contributed by atoms with van der Waals surface area (Å²) < 4.78 is 38.4. The molecule has 0 aliphatic carbocycles. The number of aliphatic hydroxyl groups excluding tert-OH is 1. The molecule has 0 amide bonds. The zero-order chi connectivity index (χ0) is 19.3. The van der Waals surface area contributed by atoms with Gasteiger partial charge in [-0.25, -0.2) is 0 Å². The fraction of sp³-hybridized carbons (Fsp3) is 0.200. The lowest BCUT2D eigenvalue weighted by Gasteiger charge is -2.14. The average molecular weight is 409 g/mol. The number of aliphatic hydroxyl groups is 1. The van der Waals surface area contributed by atoms with Gasteiger partial charge in [0.1, 0.15) is 0 Å². The van der Waals surface area contributed by atoms with Gasteiger partial charge in [-0.3, -0.25) is 0 Å². The van der Waals surface area contributed by atoms with Crippen LogP contribution in [0.2, 0.25) is 0 Å². The quantitative estimate of drug-likeness (QED) is 0.499. The molecule has 2 N–H and O–H groups in total. The van der Waals surface area contributed by atoms with Gasteiger partial charge < -0.3 is 10.4 Å². The minimum Gasteiger partial charge on any atom is -0.387 e. The molecule has 0 bridgehead atoms. The minimum atomic E-state index is -4.41. The predicted octanol–water partition coefficient (Wildman–Crippen LogP) is 5.58. The summed E-state index contributed by atoms with van der Waals surface area (Å²) in [6.07, 6.45) is -3.39. The Kier molecular flexibility index (Phi) is 6.49. The van der Waals surface area contributed by atoms with Crippen molar-refractivity contribution in [2.75, 3.05) is 13.1 Å². The molecule has 0 aliphatic rings. The highest BCUT2D eigenvalue weighted by Gasteiger charge is 2.30. The number of thiophene rings is 2. The molecule has 0 aliphatic heterocycles. The Morgan fingerprint density at radius 2 is 1.74 bits per heavy atom. The summed E-state index contributed by atoms with van der Waals surface area (Å²) in [4.78, 5) is 0. The largest absolute Gasteiger partial charge is 0.416 e. The van der Waals surface area contributed by atoms with Crippen LogP contribution in [0.15, 0.2) is 64.0 Å². The Bertz CT molecular complexity index is 835. The van der Waals surface area contributed by atoms with Crippen LogP contribution in [0.4, 0.5) is 13.2 Å². The summed E-state index contributed by atoms with van der Waals surface area (Å²) in [6.45, 7) is 0.662. The van der Waals surface area contributed by atoms with Crippen molar-refractivity contribution in [1.29, 1.82) is 0 Å². The van der Waals surface area contributed by atoms with Crippen LogP contribution in [-0.2, 0) is 6.18 Å². The highest BCUT2D eigenvalue weighted by molar-refractivity contribution is 7.08. The molecule has 27 heavy (non-hydrogen) atoms. The zero-order valence-electron chi connectivity index (χ0n) is 14.2. The molecule has 1 unspecified atom stereocenters. The van der Waals surface area contributed by atoms with Crippen molar-refractivity contribution in [3.63, 3.8) is 0 Å². The molecule has 0 saturated carbocycles. The molecule has 2 nitrogen and oxygen atoms in total. The Morgan fingerprint density at radius 3 is 2.30 bits per heavy atom. The van der Waals surface area contributed by atoms with E-state index in [-0.39, 0.29) is 12.1 Å². The van der Waals surface area contributed by atoms with Crippen LogP contribution in [0, 0.1) is 0 Å². The third-order valence-electron chi connectivity index (χ3n) is 4.05. The first-order valence-electron chi connectivity index (χ1n) is 8.26. The molecular weight excluding hydrogens is 391 g/mol. The van der Waals surface area contributed by atoms with Gasteiger partial charge >= 0.3 is 6.18 Å². The number of hydrogen-bond acceptors (Lipinski definition) is 4. The predicted molar refractivity (Wildman–Crippen MR) is 105 cm³/mol. The molecule has 0 spiro atoms. The van der Waals surface area contributed by atoms with Gasteiger partial charge in [0.2, 0.25) is 0 Å². The molecule has 2 heterocycles. The molecular formula is C20H18F3NOS2. The van der Waals surface area contributed by atoms with E-state index in [0.717, 1.165) is 28.8 Å². The SMILES string of the molecule is OC(CNCC=C(c1ccsc1)c1ccsc1)c1cccc(C(F)(F)F)c1. The second kappa shape index (κ2) is 8.84. The minimum absolute atomic E-state index is 0.165. The molecule has 1 atom stereocenters. The van der Waals surface area contributed by atoms with E-state index < -0.39 is 17.8 Å². The van der Waals surface area contributed by atoms with E-state index in [4.69, 9.17) is 0 Å². The first-order valence-corrected chi connectivity index (χ1v) is 10.1. The molecule has 3 aromatic rings. The van der Waals surface area contributed by atoms with Crippen LogP contribution < -0.4 is 5.32 Å². The molecule has 3 rings (SSSR count). The summed E-state index contributed by atoms with van der Waals surface area (Å²) in [5, 5.41) is 21.5. The lowest BCUT2D eigenvalue weighted by Crippen LogP contribution is -2.22. The van der Waals surface area contributed by atoms with Crippen molar-refractivity contribution in [2.45, 2.75) is 12.3 Å². The maximum atomic E-state index is 12.8. The average Bonchev–Trinajstić information content (AvgIpc) is 3.35. The lowest BCUT2D eigenvalue weighted by molar-refractivity contribution is -0.137. The van der Waals surface area contributed by atoms with Gasteiger partial charge in [0.05, 0.1) is 11.7 Å². The normalized spacial score (nSPS) is 12.7. The zero-order valence-corrected chi connectivity index (χ0v) is 15.9. The van der Waals surface area contributed by atoms with Gasteiger partial charge in [0, 0.05) is 13.1 Å². The smallest absolute Gasteiger partial charge is 0.387 e. The van der Waals surface area contributed by atoms with E-state index in [0.29, 0.717) is 6.54 Å². The second-order valence-corrected chi connectivity index (χ2v) is 7.50. The van der Waals surface area contributed by atoms with Gasteiger partial charge in [0.15, 0.2) is 0 Å². The molecule has 0 saturated heterocycles. The van der Waals surface area contributed by atoms with E-state index in [1.165, 1.54) is 12.1 Å². The van der Waals surface area contributed by atoms with Crippen LogP contribution in [0.25, 0.3) is 5.57 Å². The standard InChI is InChI=1S/C20H18F3NOS2/c21-20(22,23)17-3-1-2-14(10-17)19(25)11-24-7-4-18(15-5-8-26-12-15)16-6-9-27-13-16/h1-6,8-10,12-13,19,24-25H,7,11H2. The maximum absolute atomic E-state index is 12.8.